The molecule has 2 rings (SSSR count). The smallest absolute Gasteiger partial charge is 0.329 e. The molecule has 0 saturated heterocycles. The van der Waals surface area contributed by atoms with Crippen LogP contribution < -0.4 is 16.0 Å². The van der Waals surface area contributed by atoms with Gasteiger partial charge in [-0.05, 0) is 19.4 Å². The standard InChI is InChI=1S/C16H19N3O6S/c1-3-25-15(21)11(2)19-14(20)13(9-17-16(19)22)18-26(23,24)10-12-7-5-4-6-8-12/h4-9,11,18H,3,10H2,1-2H3,(H,17,22). The largest absolute Gasteiger partial charge is 0.464 e. The zero-order valence-electron chi connectivity index (χ0n) is 14.3. The molecule has 1 aromatic heterocycles. The van der Waals surface area contributed by atoms with Crippen molar-refractivity contribution in [2.75, 3.05) is 11.3 Å². The van der Waals surface area contributed by atoms with Crippen molar-refractivity contribution < 1.29 is 17.9 Å². The van der Waals surface area contributed by atoms with Crippen molar-refractivity contribution in [3.8, 4) is 0 Å². The number of nitrogens with zero attached hydrogens (tertiary/aromatic N) is 1. The second-order valence-corrected chi connectivity index (χ2v) is 7.18. The van der Waals surface area contributed by atoms with Crippen LogP contribution in [-0.4, -0.2) is 30.5 Å². The number of sulfonamides is 1. The van der Waals surface area contributed by atoms with Crippen LogP contribution in [-0.2, 0) is 25.3 Å². The number of anilines is 1. The van der Waals surface area contributed by atoms with Crippen LogP contribution in [0.25, 0.3) is 0 Å². The van der Waals surface area contributed by atoms with E-state index in [-0.39, 0.29) is 18.0 Å². The number of ether oxygens (including phenoxy) is 1. The summed E-state index contributed by atoms with van der Waals surface area (Å²) in [6, 6.07) is 7.20. The second kappa shape index (κ2) is 8.00. The summed E-state index contributed by atoms with van der Waals surface area (Å²) in [6.07, 6.45) is 0.960. The number of carbonyl (C=O) groups excluding carboxylic acids is 1. The van der Waals surface area contributed by atoms with Gasteiger partial charge in [-0.3, -0.25) is 9.52 Å². The number of hydrogen-bond donors (Lipinski definition) is 2. The maximum Gasteiger partial charge on any atom is 0.329 e. The number of H-pyrrole nitrogens is 1. The number of esters is 1. The van der Waals surface area contributed by atoms with Gasteiger partial charge < -0.3 is 9.72 Å². The molecule has 1 heterocycles. The van der Waals surface area contributed by atoms with E-state index in [1.807, 2.05) is 0 Å². The Morgan fingerprint density at radius 1 is 1.27 bits per heavy atom. The Balaban J connectivity index is 2.34. The van der Waals surface area contributed by atoms with Crippen LogP contribution in [0.1, 0.15) is 25.5 Å². The average molecular weight is 381 g/mol. The van der Waals surface area contributed by atoms with Gasteiger partial charge in [-0.15, -0.1) is 0 Å². The van der Waals surface area contributed by atoms with E-state index in [1.54, 1.807) is 37.3 Å². The minimum Gasteiger partial charge on any atom is -0.464 e. The lowest BCUT2D eigenvalue weighted by molar-refractivity contribution is -0.146. The quantitative estimate of drug-likeness (QED) is 0.676. The molecule has 9 nitrogen and oxygen atoms in total. The summed E-state index contributed by atoms with van der Waals surface area (Å²) >= 11 is 0. The highest BCUT2D eigenvalue weighted by atomic mass is 32.2. The van der Waals surface area contributed by atoms with E-state index in [4.69, 9.17) is 4.74 Å². The van der Waals surface area contributed by atoms with Crippen LogP contribution in [0.4, 0.5) is 5.69 Å². The molecule has 0 bridgehead atoms. The molecular formula is C16H19N3O6S. The summed E-state index contributed by atoms with van der Waals surface area (Å²) in [7, 11) is -3.90. The first-order chi connectivity index (χ1) is 12.2. The topological polar surface area (TPSA) is 127 Å². The minimum absolute atomic E-state index is 0.0826. The van der Waals surface area contributed by atoms with Crippen molar-refractivity contribution >= 4 is 21.7 Å². The number of aromatic amines is 1. The Kier molecular flexibility index (Phi) is 5.98. The summed E-state index contributed by atoms with van der Waals surface area (Å²) < 4.78 is 32.1. The predicted molar refractivity (Wildman–Crippen MR) is 95.4 cm³/mol. The Labute approximate surface area is 149 Å². The van der Waals surface area contributed by atoms with Gasteiger partial charge in [0, 0.05) is 6.20 Å². The highest BCUT2D eigenvalue weighted by molar-refractivity contribution is 7.91. The van der Waals surface area contributed by atoms with E-state index >= 15 is 0 Å². The molecular weight excluding hydrogens is 362 g/mol. The number of rotatable bonds is 7. The summed E-state index contributed by atoms with van der Waals surface area (Å²) in [5, 5.41) is 0. The first kappa shape index (κ1) is 19.4. The molecule has 1 unspecified atom stereocenters. The SMILES string of the molecule is CCOC(=O)C(C)n1c(=O)[nH]cc(NS(=O)(=O)Cc2ccccc2)c1=O. The molecule has 0 amide bonds. The van der Waals surface area contributed by atoms with Gasteiger partial charge in [0.2, 0.25) is 10.0 Å². The zero-order chi connectivity index (χ0) is 19.3. The third-order valence-electron chi connectivity index (χ3n) is 3.49. The van der Waals surface area contributed by atoms with E-state index in [1.165, 1.54) is 6.92 Å². The number of carbonyl (C=O) groups is 1. The van der Waals surface area contributed by atoms with Gasteiger partial charge >= 0.3 is 11.7 Å². The monoisotopic (exact) mass is 381 g/mol. The molecule has 26 heavy (non-hydrogen) atoms. The third kappa shape index (κ3) is 4.60. The van der Waals surface area contributed by atoms with Gasteiger partial charge in [-0.2, -0.15) is 0 Å². The second-order valence-electron chi connectivity index (χ2n) is 5.46. The zero-order valence-corrected chi connectivity index (χ0v) is 15.1. The van der Waals surface area contributed by atoms with Crippen molar-refractivity contribution in [2.24, 2.45) is 0 Å². The molecule has 0 aliphatic heterocycles. The Morgan fingerprint density at radius 2 is 1.92 bits per heavy atom. The van der Waals surface area contributed by atoms with Crippen LogP contribution >= 0.6 is 0 Å². The lowest BCUT2D eigenvalue weighted by Crippen LogP contribution is -2.41. The van der Waals surface area contributed by atoms with Gasteiger partial charge in [0.05, 0.1) is 12.4 Å². The Hall–Kier alpha value is -2.88. The van der Waals surface area contributed by atoms with Crippen molar-refractivity contribution in [1.82, 2.24) is 9.55 Å². The van der Waals surface area contributed by atoms with Crippen LogP contribution in [0.2, 0.25) is 0 Å². The van der Waals surface area contributed by atoms with Gasteiger partial charge in [0.1, 0.15) is 11.7 Å². The number of hydrogen-bond acceptors (Lipinski definition) is 6. The molecule has 2 N–H and O–H groups in total. The van der Waals surface area contributed by atoms with E-state index in [9.17, 15) is 22.8 Å². The predicted octanol–water partition coefficient (Wildman–Crippen LogP) is 0.603. The minimum atomic E-state index is -3.90. The maximum atomic E-state index is 12.5. The lowest BCUT2D eigenvalue weighted by atomic mass is 10.2. The molecule has 0 aliphatic carbocycles. The van der Waals surface area contributed by atoms with Crippen molar-refractivity contribution in [3.05, 3.63) is 62.9 Å². The Morgan fingerprint density at radius 3 is 2.54 bits per heavy atom. The van der Waals surface area contributed by atoms with Gasteiger partial charge in [-0.1, -0.05) is 30.3 Å². The normalized spacial score (nSPS) is 12.4. The molecule has 0 aliphatic rings. The lowest BCUT2D eigenvalue weighted by Gasteiger charge is -2.14. The molecule has 140 valence electrons. The van der Waals surface area contributed by atoms with E-state index in [0.717, 1.165) is 6.20 Å². The van der Waals surface area contributed by atoms with E-state index in [0.29, 0.717) is 10.1 Å². The highest BCUT2D eigenvalue weighted by Crippen LogP contribution is 2.09. The average Bonchev–Trinajstić information content (AvgIpc) is 2.58. The van der Waals surface area contributed by atoms with E-state index in [2.05, 4.69) is 9.71 Å². The van der Waals surface area contributed by atoms with Crippen LogP contribution in [0.15, 0.2) is 46.1 Å². The first-order valence-electron chi connectivity index (χ1n) is 7.80. The third-order valence-corrected chi connectivity index (χ3v) is 4.73. The van der Waals surface area contributed by atoms with Crippen molar-refractivity contribution in [3.63, 3.8) is 0 Å². The maximum absolute atomic E-state index is 12.5. The number of aromatic nitrogens is 2. The molecule has 1 atom stereocenters. The van der Waals surface area contributed by atoms with E-state index < -0.39 is 33.3 Å². The number of benzene rings is 1. The molecule has 2 aromatic rings. The molecule has 10 heteroatoms. The molecule has 0 saturated carbocycles. The summed E-state index contributed by atoms with van der Waals surface area (Å²) in [6.45, 7) is 2.99. The van der Waals surface area contributed by atoms with Crippen LogP contribution in [0.3, 0.4) is 0 Å². The highest BCUT2D eigenvalue weighted by Gasteiger charge is 2.23. The van der Waals surface area contributed by atoms with Gasteiger partial charge in [0.15, 0.2) is 0 Å². The summed E-state index contributed by atoms with van der Waals surface area (Å²) in [5.74, 6) is -1.12. The van der Waals surface area contributed by atoms with Crippen LogP contribution in [0.5, 0.6) is 0 Å². The number of nitrogens with one attached hydrogen (secondary N) is 2. The molecule has 0 spiro atoms. The van der Waals surface area contributed by atoms with Crippen LogP contribution in [0, 0.1) is 0 Å². The summed E-state index contributed by atoms with van der Waals surface area (Å²) in [5.41, 5.74) is -1.62. The van der Waals surface area contributed by atoms with Gasteiger partial charge in [0.25, 0.3) is 5.56 Å². The fourth-order valence-corrected chi connectivity index (χ4v) is 3.46. The first-order valence-corrected chi connectivity index (χ1v) is 9.45. The molecule has 1 aromatic carbocycles. The van der Waals surface area contributed by atoms with Crippen molar-refractivity contribution in [1.29, 1.82) is 0 Å². The fourth-order valence-electron chi connectivity index (χ4n) is 2.28. The van der Waals surface area contributed by atoms with Crippen molar-refractivity contribution in [2.45, 2.75) is 25.6 Å². The fraction of sp³-hybridized carbons (Fsp3) is 0.312. The summed E-state index contributed by atoms with van der Waals surface area (Å²) in [4.78, 5) is 38.5. The Bertz CT molecular complexity index is 995. The van der Waals surface area contributed by atoms with Gasteiger partial charge in [-0.25, -0.2) is 22.6 Å². The molecule has 0 fully saturated rings. The molecule has 0 radical (unpaired) electrons.